The van der Waals surface area contributed by atoms with E-state index in [4.69, 9.17) is 14.1 Å². The summed E-state index contributed by atoms with van der Waals surface area (Å²) in [6.07, 6.45) is 3.18. The fourth-order valence-electron chi connectivity index (χ4n) is 3.10. The molecule has 2 aromatic rings. The van der Waals surface area contributed by atoms with Gasteiger partial charge in [-0.2, -0.15) is 10.2 Å². The smallest absolute Gasteiger partial charge is 0.455 e. The minimum absolute atomic E-state index is 0.0497. The molecule has 1 fully saturated rings. The van der Waals surface area contributed by atoms with Gasteiger partial charge in [-0.3, -0.25) is 0 Å². The summed E-state index contributed by atoms with van der Waals surface area (Å²) >= 11 is 0. The lowest BCUT2D eigenvalue weighted by Gasteiger charge is -2.15. The predicted molar refractivity (Wildman–Crippen MR) is 95.9 cm³/mol. The van der Waals surface area contributed by atoms with Crippen LogP contribution in [0.3, 0.4) is 0 Å². The minimum Gasteiger partial charge on any atom is -0.493 e. The van der Waals surface area contributed by atoms with Crippen LogP contribution in [0.1, 0.15) is 31.7 Å². The number of methoxy groups -OCH3 is 1. The number of aromatic nitrogens is 2. The van der Waals surface area contributed by atoms with E-state index >= 15 is 0 Å². The highest BCUT2D eigenvalue weighted by Crippen LogP contribution is 2.36. The van der Waals surface area contributed by atoms with Crippen LogP contribution in [0.5, 0.6) is 11.5 Å². The van der Waals surface area contributed by atoms with Gasteiger partial charge < -0.3 is 19.2 Å². The van der Waals surface area contributed by atoms with Crippen LogP contribution in [-0.4, -0.2) is 42.2 Å². The maximum atomic E-state index is 9.71. The van der Waals surface area contributed by atoms with Crippen LogP contribution in [-0.2, 0) is 4.65 Å². The quantitative estimate of drug-likeness (QED) is 0.814. The first-order chi connectivity index (χ1) is 12.1. The van der Waals surface area contributed by atoms with E-state index in [-0.39, 0.29) is 12.0 Å². The molecule has 0 amide bonds. The molecule has 1 aliphatic heterocycles. The maximum absolute atomic E-state index is 9.71. The lowest BCUT2D eigenvalue weighted by atomic mass is 9.78. The van der Waals surface area contributed by atoms with Gasteiger partial charge in [0.1, 0.15) is 0 Å². The summed E-state index contributed by atoms with van der Waals surface area (Å²) in [6, 6.07) is 7.74. The van der Waals surface area contributed by atoms with E-state index in [2.05, 4.69) is 17.1 Å². The van der Waals surface area contributed by atoms with Crippen LogP contribution < -0.4 is 9.47 Å². The summed E-state index contributed by atoms with van der Waals surface area (Å²) in [7, 11) is 0.910. The van der Waals surface area contributed by atoms with Gasteiger partial charge in [-0.05, 0) is 49.5 Å². The Morgan fingerprint density at radius 3 is 2.84 bits per heavy atom. The molecule has 0 saturated carbocycles. The fourth-order valence-corrected chi connectivity index (χ4v) is 3.10. The van der Waals surface area contributed by atoms with Gasteiger partial charge in [-0.1, -0.05) is 6.92 Å². The van der Waals surface area contributed by atoms with E-state index in [9.17, 15) is 5.02 Å². The van der Waals surface area contributed by atoms with Gasteiger partial charge in [0.15, 0.2) is 11.5 Å². The van der Waals surface area contributed by atoms with Crippen LogP contribution in [0.15, 0.2) is 30.5 Å². The molecular weight excluding hydrogens is 319 g/mol. The summed E-state index contributed by atoms with van der Waals surface area (Å²) in [5.41, 5.74) is 2.68. The Morgan fingerprint density at radius 2 is 2.16 bits per heavy atom. The standard InChI is InChI=1S/C18H23BN2O4/c1-4-7-24-18-9-13(5-6-17(18)23-3)16-8-14(11-20-21-16)15-10-19(22)25-12(15)2/h5-6,8-9,11-12,15,22H,4,7,10H2,1-3H3/t12-,15+/m0/s1. The van der Waals surface area contributed by atoms with Crippen LogP contribution in [0, 0.1) is 0 Å². The molecule has 25 heavy (non-hydrogen) atoms. The van der Waals surface area contributed by atoms with Crippen LogP contribution in [0.4, 0.5) is 0 Å². The average molecular weight is 342 g/mol. The second-order valence-corrected chi connectivity index (χ2v) is 6.23. The Bertz CT molecular complexity index is 728. The zero-order valence-corrected chi connectivity index (χ0v) is 14.8. The van der Waals surface area contributed by atoms with Crippen molar-refractivity contribution < 1.29 is 19.2 Å². The molecule has 7 heteroatoms. The van der Waals surface area contributed by atoms with Gasteiger partial charge in [-0.15, -0.1) is 0 Å². The van der Waals surface area contributed by atoms with Gasteiger partial charge in [0.05, 0.1) is 25.6 Å². The molecule has 3 rings (SSSR count). The molecule has 2 heterocycles. The molecule has 1 N–H and O–H groups in total. The van der Waals surface area contributed by atoms with E-state index in [1.807, 2.05) is 31.2 Å². The highest BCUT2D eigenvalue weighted by Gasteiger charge is 2.36. The Hall–Kier alpha value is -2.12. The van der Waals surface area contributed by atoms with Crippen molar-refractivity contribution in [1.82, 2.24) is 10.2 Å². The Balaban J connectivity index is 1.90. The molecule has 0 radical (unpaired) electrons. The van der Waals surface area contributed by atoms with Gasteiger partial charge >= 0.3 is 7.12 Å². The third kappa shape index (κ3) is 3.94. The lowest BCUT2D eigenvalue weighted by Crippen LogP contribution is -2.12. The van der Waals surface area contributed by atoms with Gasteiger partial charge in [0.25, 0.3) is 0 Å². The molecule has 0 aliphatic carbocycles. The summed E-state index contributed by atoms with van der Waals surface area (Å²) in [5, 5.41) is 18.1. The topological polar surface area (TPSA) is 73.7 Å². The van der Waals surface area contributed by atoms with E-state index in [0.717, 1.165) is 23.2 Å². The highest BCUT2D eigenvalue weighted by atomic mass is 16.5. The molecular formula is C18H23BN2O4. The van der Waals surface area contributed by atoms with Crippen LogP contribution >= 0.6 is 0 Å². The first kappa shape index (κ1) is 17.7. The second kappa shape index (κ2) is 7.84. The Kier molecular flexibility index (Phi) is 5.55. The number of ether oxygens (including phenoxy) is 2. The molecule has 1 aromatic heterocycles. The zero-order chi connectivity index (χ0) is 17.8. The lowest BCUT2D eigenvalue weighted by molar-refractivity contribution is 0.205. The van der Waals surface area contributed by atoms with Crippen molar-refractivity contribution in [1.29, 1.82) is 0 Å². The summed E-state index contributed by atoms with van der Waals surface area (Å²) in [5.74, 6) is 1.50. The van der Waals surface area contributed by atoms with Crippen molar-refractivity contribution in [3.63, 3.8) is 0 Å². The number of rotatable bonds is 6. The van der Waals surface area contributed by atoms with Gasteiger partial charge in [0, 0.05) is 17.6 Å². The Labute approximate surface area is 148 Å². The number of hydrogen-bond donors (Lipinski definition) is 1. The SMILES string of the molecule is CCCOc1cc(-c2cc([C@@H]3CB(O)O[C@H]3C)cnn2)ccc1OC. The van der Waals surface area contributed by atoms with Crippen molar-refractivity contribution in [3.8, 4) is 22.8 Å². The number of hydrogen-bond acceptors (Lipinski definition) is 6. The highest BCUT2D eigenvalue weighted by molar-refractivity contribution is 6.44. The van der Waals surface area contributed by atoms with Crippen molar-refractivity contribution in [3.05, 3.63) is 36.0 Å². The molecule has 0 spiro atoms. The molecule has 6 nitrogen and oxygen atoms in total. The first-order valence-corrected chi connectivity index (χ1v) is 8.59. The van der Waals surface area contributed by atoms with Crippen molar-refractivity contribution >= 4 is 7.12 Å². The molecule has 1 aromatic carbocycles. The van der Waals surface area contributed by atoms with Crippen molar-refractivity contribution in [2.45, 2.75) is 38.6 Å². The molecule has 0 bridgehead atoms. The van der Waals surface area contributed by atoms with Crippen molar-refractivity contribution in [2.75, 3.05) is 13.7 Å². The van der Waals surface area contributed by atoms with Gasteiger partial charge in [0.2, 0.25) is 0 Å². The van der Waals surface area contributed by atoms with E-state index in [1.165, 1.54) is 0 Å². The summed E-state index contributed by atoms with van der Waals surface area (Å²) < 4.78 is 16.6. The van der Waals surface area contributed by atoms with E-state index in [1.54, 1.807) is 13.3 Å². The van der Waals surface area contributed by atoms with Gasteiger partial charge in [-0.25, -0.2) is 0 Å². The largest absolute Gasteiger partial charge is 0.493 e. The first-order valence-electron chi connectivity index (χ1n) is 8.59. The number of benzene rings is 1. The Morgan fingerprint density at radius 1 is 1.32 bits per heavy atom. The molecule has 0 unspecified atom stereocenters. The monoisotopic (exact) mass is 342 g/mol. The summed E-state index contributed by atoms with van der Waals surface area (Å²) in [6.45, 7) is 4.65. The normalized spacial score (nSPS) is 19.9. The number of nitrogens with zero attached hydrogens (tertiary/aromatic N) is 2. The molecule has 1 aliphatic rings. The van der Waals surface area contributed by atoms with E-state index in [0.29, 0.717) is 24.4 Å². The molecule has 132 valence electrons. The fraction of sp³-hybridized carbons (Fsp3) is 0.444. The second-order valence-electron chi connectivity index (χ2n) is 6.23. The zero-order valence-electron chi connectivity index (χ0n) is 14.8. The molecule has 1 saturated heterocycles. The van der Waals surface area contributed by atoms with Crippen LogP contribution in [0.25, 0.3) is 11.3 Å². The van der Waals surface area contributed by atoms with E-state index < -0.39 is 7.12 Å². The third-order valence-electron chi connectivity index (χ3n) is 4.42. The summed E-state index contributed by atoms with van der Waals surface area (Å²) in [4.78, 5) is 0. The minimum atomic E-state index is -0.716. The third-order valence-corrected chi connectivity index (χ3v) is 4.42. The van der Waals surface area contributed by atoms with Crippen LogP contribution in [0.2, 0.25) is 6.32 Å². The average Bonchev–Trinajstić information content (AvgIpc) is 2.98. The predicted octanol–water partition coefficient (Wildman–Crippen LogP) is 2.92. The van der Waals surface area contributed by atoms with Crippen molar-refractivity contribution in [2.24, 2.45) is 0 Å². The maximum Gasteiger partial charge on any atom is 0.455 e. The molecule has 2 atom stereocenters.